The monoisotopic (exact) mass is 864 g/mol. The number of amides is 6. The van der Waals surface area contributed by atoms with E-state index in [0.717, 1.165) is 37.7 Å². The largest absolute Gasteiger partial charge is 0.508 e. The Labute approximate surface area is 368 Å². The summed E-state index contributed by atoms with van der Waals surface area (Å²) in [5.41, 5.74) is 9.20. The molecule has 3 aliphatic carbocycles. The summed E-state index contributed by atoms with van der Waals surface area (Å²) in [5.74, 6) is -1.58. The number of phenolic OH excluding ortho intramolecular Hbond substituents is 1. The zero-order valence-corrected chi connectivity index (χ0v) is 36.2. The van der Waals surface area contributed by atoms with Crippen LogP contribution in [0.2, 0.25) is 0 Å². The van der Waals surface area contributed by atoms with Crippen LogP contribution in [0.1, 0.15) is 87.5 Å². The van der Waals surface area contributed by atoms with Crippen molar-refractivity contribution in [3.63, 3.8) is 0 Å². The first-order chi connectivity index (χ1) is 30.1. The lowest BCUT2D eigenvalue weighted by molar-refractivity contribution is -0.132. The van der Waals surface area contributed by atoms with E-state index in [2.05, 4.69) is 39.6 Å². The number of nitrogens with two attached hydrogens (primary N) is 1. The summed E-state index contributed by atoms with van der Waals surface area (Å²) in [6.07, 6.45) is 5.89. The summed E-state index contributed by atoms with van der Waals surface area (Å²) in [6.45, 7) is 4.51. The second-order valence-electron chi connectivity index (χ2n) is 17.9. The number of primary amides is 1. The molecule has 7 atom stereocenters. The van der Waals surface area contributed by atoms with Gasteiger partial charge in [0.25, 0.3) is 5.91 Å². The van der Waals surface area contributed by atoms with Crippen molar-refractivity contribution in [3.05, 3.63) is 95.1 Å². The van der Waals surface area contributed by atoms with Crippen LogP contribution in [0.5, 0.6) is 11.5 Å². The number of fused-ring (bicyclic) bond motifs is 5. The fraction of sp³-hybridized carbons (Fsp3) is 0.479. The van der Waals surface area contributed by atoms with Crippen molar-refractivity contribution in [2.24, 2.45) is 28.9 Å². The minimum absolute atomic E-state index is 0.0297. The normalized spacial score (nSPS) is 21.3. The molecule has 0 radical (unpaired) electrons. The molecule has 0 aliphatic heterocycles. The van der Waals surface area contributed by atoms with Crippen molar-refractivity contribution in [2.75, 3.05) is 19.7 Å². The van der Waals surface area contributed by atoms with Crippen molar-refractivity contribution in [3.8, 4) is 11.5 Å². The minimum Gasteiger partial charge on any atom is -0.508 e. The van der Waals surface area contributed by atoms with Crippen LogP contribution in [0.25, 0.3) is 0 Å². The summed E-state index contributed by atoms with van der Waals surface area (Å²) in [4.78, 5) is 90.7. The molecule has 3 aromatic rings. The van der Waals surface area contributed by atoms with Gasteiger partial charge in [-0.05, 0) is 109 Å². The number of hydrogen-bond acceptors (Lipinski definition) is 9. The molecule has 15 nitrogen and oxygen atoms in total. The lowest BCUT2D eigenvalue weighted by atomic mass is 9.55. The topological polar surface area (TPSA) is 235 Å². The van der Waals surface area contributed by atoms with Crippen molar-refractivity contribution in [1.29, 1.82) is 0 Å². The molecule has 0 aromatic heterocycles. The van der Waals surface area contributed by atoms with Gasteiger partial charge in [-0.1, -0.05) is 69.3 Å². The van der Waals surface area contributed by atoms with Gasteiger partial charge in [-0.2, -0.15) is 0 Å². The molecule has 63 heavy (non-hydrogen) atoms. The highest BCUT2D eigenvalue weighted by Crippen LogP contribution is 2.59. The third kappa shape index (κ3) is 12.0. The van der Waals surface area contributed by atoms with Crippen LogP contribution in [0.4, 0.5) is 0 Å². The van der Waals surface area contributed by atoms with E-state index in [1.54, 1.807) is 36.4 Å². The predicted octanol–water partition coefficient (Wildman–Crippen LogP) is 2.90. The quantitative estimate of drug-likeness (QED) is 0.0938. The van der Waals surface area contributed by atoms with E-state index in [4.69, 9.17) is 10.5 Å². The summed E-state index contributed by atoms with van der Waals surface area (Å²) < 4.78 is 5.92. The maximum absolute atomic E-state index is 13.5. The van der Waals surface area contributed by atoms with Gasteiger partial charge in [-0.3, -0.25) is 33.6 Å². The van der Waals surface area contributed by atoms with Gasteiger partial charge < -0.3 is 42.2 Å². The molecule has 15 heteroatoms. The third-order valence-corrected chi connectivity index (χ3v) is 13.0. The SMILES string of the molecule is CC(C)C[C@@H](NC(=O)[C@@H](Cc1ccccc1)NC(=O)CNC(=O)CNC(=O)[C@@H](Cc1ccc(O)cc1)NC(=O)COc1ccc2c(c1)CC[C@@H]1[C@@H]2CC[C@]2(C)C(=O)CC[C@@H]12)C(N)=O. The fourth-order valence-electron chi connectivity index (χ4n) is 9.71. The molecular weight excluding hydrogens is 805 g/mol. The smallest absolute Gasteiger partial charge is 0.258 e. The van der Waals surface area contributed by atoms with E-state index in [1.165, 1.54) is 23.3 Å². The highest BCUT2D eigenvalue weighted by Gasteiger charge is 2.54. The van der Waals surface area contributed by atoms with E-state index in [-0.39, 0.29) is 36.5 Å². The third-order valence-electron chi connectivity index (χ3n) is 13.0. The van der Waals surface area contributed by atoms with Gasteiger partial charge in [0.1, 0.15) is 35.4 Å². The van der Waals surface area contributed by atoms with Crippen molar-refractivity contribution in [1.82, 2.24) is 26.6 Å². The summed E-state index contributed by atoms with van der Waals surface area (Å²) in [6, 6.07) is 17.9. The van der Waals surface area contributed by atoms with E-state index in [1.807, 2.05) is 32.0 Å². The first-order valence-corrected chi connectivity index (χ1v) is 21.9. The number of phenols is 1. The van der Waals surface area contributed by atoms with Gasteiger partial charge in [0.2, 0.25) is 29.5 Å². The molecule has 336 valence electrons. The lowest BCUT2D eigenvalue weighted by Crippen LogP contribution is -2.55. The molecule has 0 saturated heterocycles. The lowest BCUT2D eigenvalue weighted by Gasteiger charge is -2.48. The molecule has 3 aliphatic rings. The first kappa shape index (κ1) is 46.3. The van der Waals surface area contributed by atoms with Crippen LogP contribution >= 0.6 is 0 Å². The number of nitrogens with one attached hydrogen (secondary N) is 5. The highest BCUT2D eigenvalue weighted by molar-refractivity contribution is 5.94. The fourth-order valence-corrected chi connectivity index (χ4v) is 9.71. The molecule has 2 fully saturated rings. The Morgan fingerprint density at radius 1 is 0.762 bits per heavy atom. The Morgan fingerprint density at radius 2 is 1.43 bits per heavy atom. The maximum atomic E-state index is 13.5. The molecule has 6 rings (SSSR count). The predicted molar refractivity (Wildman–Crippen MR) is 234 cm³/mol. The maximum Gasteiger partial charge on any atom is 0.258 e. The Morgan fingerprint density at radius 3 is 2.13 bits per heavy atom. The standard InChI is InChI=1S/C48H60N6O9/c1-28(2)21-38(45(49)60)54-47(62)40(22-29-7-5-4-6-8-29)52-43(58)26-50-42(57)25-51-46(61)39(23-30-9-12-32(55)13-10-30)53-44(59)27-63-33-14-16-34-31(24-33)11-15-36-35(34)19-20-48(3)37(36)17-18-41(48)56/h4-10,12-14,16,24,28,35-40,55H,11,15,17-23,25-27H2,1-3H3,(H2,49,60)(H,50,57)(H,51,61)(H,52,58)(H,53,59)(H,54,62)/t35-,36-,37+,38-,39-,40-,48+/m1/s1. The molecule has 8 N–H and O–H groups in total. The van der Waals surface area contributed by atoms with Crippen LogP contribution in [-0.4, -0.2) is 84.2 Å². The van der Waals surface area contributed by atoms with Gasteiger partial charge in [-0.25, -0.2) is 0 Å². The molecule has 3 aromatic carbocycles. The average Bonchev–Trinajstić information content (AvgIpc) is 3.57. The highest BCUT2D eigenvalue weighted by atomic mass is 16.5. The van der Waals surface area contributed by atoms with Crippen molar-refractivity contribution >= 4 is 41.2 Å². The van der Waals surface area contributed by atoms with Crippen LogP contribution in [0, 0.1) is 23.2 Å². The van der Waals surface area contributed by atoms with Crippen LogP contribution in [0.15, 0.2) is 72.8 Å². The second-order valence-corrected chi connectivity index (χ2v) is 17.9. The molecular formula is C48H60N6O9. The van der Waals surface area contributed by atoms with Crippen molar-refractivity contribution < 1.29 is 43.4 Å². The Kier molecular flexibility index (Phi) is 15.2. The van der Waals surface area contributed by atoms with Gasteiger partial charge in [0.15, 0.2) is 6.61 Å². The van der Waals surface area contributed by atoms with E-state index < -0.39 is 66.7 Å². The Hall–Kier alpha value is -6.25. The molecule has 6 amide bonds. The van der Waals surface area contributed by atoms with Crippen molar-refractivity contribution in [2.45, 2.75) is 103 Å². The van der Waals surface area contributed by atoms with Gasteiger partial charge in [-0.15, -0.1) is 0 Å². The molecule has 0 heterocycles. The number of rotatable bonds is 19. The first-order valence-electron chi connectivity index (χ1n) is 21.9. The van der Waals surface area contributed by atoms with Crippen LogP contribution < -0.4 is 37.1 Å². The van der Waals surface area contributed by atoms with Gasteiger partial charge in [0, 0.05) is 24.7 Å². The number of Topliss-reactive ketones (excluding diaryl/α,β-unsaturated/α-hetero) is 1. The number of ether oxygens (including phenoxy) is 1. The molecule has 0 bridgehead atoms. The summed E-state index contributed by atoms with van der Waals surface area (Å²) in [7, 11) is 0. The van der Waals surface area contributed by atoms with Gasteiger partial charge >= 0.3 is 0 Å². The molecule has 2 saturated carbocycles. The van der Waals surface area contributed by atoms with Gasteiger partial charge in [0.05, 0.1) is 13.1 Å². The summed E-state index contributed by atoms with van der Waals surface area (Å²) >= 11 is 0. The number of carbonyl (C=O) groups excluding carboxylic acids is 7. The van der Waals surface area contributed by atoms with Crippen LogP contribution in [0.3, 0.4) is 0 Å². The van der Waals surface area contributed by atoms with Crippen LogP contribution in [-0.2, 0) is 52.8 Å². The number of benzene rings is 3. The summed E-state index contributed by atoms with van der Waals surface area (Å²) in [5, 5.41) is 22.7. The average molecular weight is 865 g/mol. The molecule has 0 spiro atoms. The number of ketones is 1. The second kappa shape index (κ2) is 20.7. The Balaban J connectivity index is 1.01. The zero-order chi connectivity index (χ0) is 45.3. The number of carbonyl (C=O) groups is 7. The molecule has 0 unspecified atom stereocenters. The van der Waals surface area contributed by atoms with E-state index >= 15 is 0 Å². The van der Waals surface area contributed by atoms with E-state index in [0.29, 0.717) is 47.7 Å². The Bertz CT molecular complexity index is 2160. The zero-order valence-electron chi connectivity index (χ0n) is 36.2. The number of aromatic hydroxyl groups is 1. The minimum atomic E-state index is -1.13. The van der Waals surface area contributed by atoms with E-state index in [9.17, 15) is 38.7 Å². The number of hydrogen-bond donors (Lipinski definition) is 7. The number of aryl methyl sites for hydroxylation is 1.